The minimum atomic E-state index is -3.94. The Morgan fingerprint density at radius 2 is 1.65 bits per heavy atom. The molecule has 0 spiro atoms. The number of ether oxygens (including phenoxy) is 1. The number of rotatable bonds is 7. The fourth-order valence-corrected chi connectivity index (χ4v) is 4.54. The first-order valence-corrected chi connectivity index (χ1v) is 12.5. The van der Waals surface area contributed by atoms with Gasteiger partial charge in [0.15, 0.2) is 0 Å². The zero-order chi connectivity index (χ0) is 24.1. The van der Waals surface area contributed by atoms with Crippen LogP contribution in [0.15, 0.2) is 77.7 Å². The highest BCUT2D eigenvalue weighted by Crippen LogP contribution is 2.25. The lowest BCUT2D eigenvalue weighted by Gasteiger charge is -2.36. The second kappa shape index (κ2) is 10.3. The van der Waals surface area contributed by atoms with Gasteiger partial charge < -0.3 is 15.0 Å². The van der Waals surface area contributed by atoms with Gasteiger partial charge in [-0.2, -0.15) is 0 Å². The fraction of sp³-hybridized carbons (Fsp3) is 0.240. The van der Waals surface area contributed by atoms with E-state index in [1.54, 1.807) is 0 Å². The van der Waals surface area contributed by atoms with Crippen LogP contribution in [0.3, 0.4) is 0 Å². The van der Waals surface area contributed by atoms with E-state index >= 15 is 0 Å². The molecular weight excluding hydrogens is 452 g/mol. The Morgan fingerprint density at radius 3 is 2.26 bits per heavy atom. The molecule has 4 rings (SSSR count). The van der Waals surface area contributed by atoms with Crippen molar-refractivity contribution in [2.75, 3.05) is 43.5 Å². The number of sulfonamides is 1. The lowest BCUT2D eigenvalue weighted by Crippen LogP contribution is -2.45. The van der Waals surface area contributed by atoms with Crippen LogP contribution in [0, 0.1) is 0 Å². The molecule has 1 heterocycles. The van der Waals surface area contributed by atoms with E-state index in [0.717, 1.165) is 38.4 Å². The summed E-state index contributed by atoms with van der Waals surface area (Å²) < 4.78 is 28.5. The molecule has 0 saturated carbocycles. The molecule has 178 valence electrons. The molecule has 3 aromatic carbocycles. The molecule has 1 aliphatic heterocycles. The molecular formula is C25H28N4O4S. The van der Waals surface area contributed by atoms with Crippen molar-refractivity contribution in [3.8, 4) is 5.75 Å². The van der Waals surface area contributed by atoms with Crippen molar-refractivity contribution in [3.63, 3.8) is 0 Å². The van der Waals surface area contributed by atoms with Crippen molar-refractivity contribution in [3.05, 3.63) is 83.9 Å². The van der Waals surface area contributed by atoms with E-state index in [0.29, 0.717) is 5.69 Å². The van der Waals surface area contributed by atoms with Crippen molar-refractivity contribution >= 4 is 27.3 Å². The summed E-state index contributed by atoms with van der Waals surface area (Å²) in [6, 6.07) is 22.0. The number of amides is 1. The normalized spacial score (nSPS) is 14.6. The van der Waals surface area contributed by atoms with Gasteiger partial charge in [0, 0.05) is 44.1 Å². The van der Waals surface area contributed by atoms with Gasteiger partial charge in [-0.1, -0.05) is 30.3 Å². The SMILES string of the molecule is COc1ccc(S(N)(=O)=O)cc1C(=O)Nc1ccc(N2CCN(Cc3ccccc3)CC2)cc1. The Labute approximate surface area is 200 Å². The third kappa shape index (κ3) is 5.74. The van der Waals surface area contributed by atoms with Gasteiger partial charge >= 0.3 is 0 Å². The van der Waals surface area contributed by atoms with Crippen LogP contribution in [0.4, 0.5) is 11.4 Å². The number of piperazine rings is 1. The van der Waals surface area contributed by atoms with Crippen molar-refractivity contribution in [2.45, 2.75) is 11.4 Å². The highest BCUT2D eigenvalue weighted by atomic mass is 32.2. The van der Waals surface area contributed by atoms with E-state index in [2.05, 4.69) is 39.4 Å². The van der Waals surface area contributed by atoms with Crippen LogP contribution in [0.1, 0.15) is 15.9 Å². The quantitative estimate of drug-likeness (QED) is 0.539. The van der Waals surface area contributed by atoms with E-state index in [-0.39, 0.29) is 16.2 Å². The van der Waals surface area contributed by atoms with Crippen molar-refractivity contribution < 1.29 is 17.9 Å². The number of primary sulfonamides is 1. The van der Waals surface area contributed by atoms with Crippen LogP contribution in [0.5, 0.6) is 5.75 Å². The molecule has 0 atom stereocenters. The number of anilines is 2. The minimum Gasteiger partial charge on any atom is -0.496 e. The summed E-state index contributed by atoms with van der Waals surface area (Å²) >= 11 is 0. The summed E-state index contributed by atoms with van der Waals surface area (Å²) in [7, 11) is -2.53. The molecule has 1 fully saturated rings. The Morgan fingerprint density at radius 1 is 0.971 bits per heavy atom. The third-order valence-electron chi connectivity index (χ3n) is 5.86. The zero-order valence-electron chi connectivity index (χ0n) is 19.0. The lowest BCUT2D eigenvalue weighted by atomic mass is 10.1. The van der Waals surface area contributed by atoms with Crippen LogP contribution < -0.4 is 20.1 Å². The van der Waals surface area contributed by atoms with Gasteiger partial charge in [0.05, 0.1) is 17.6 Å². The van der Waals surface area contributed by atoms with Gasteiger partial charge in [-0.3, -0.25) is 9.69 Å². The molecule has 3 N–H and O–H groups in total. The summed E-state index contributed by atoms with van der Waals surface area (Å²) in [5.74, 6) is -0.223. The van der Waals surface area contributed by atoms with Crippen LogP contribution >= 0.6 is 0 Å². The number of methoxy groups -OCH3 is 1. The second-order valence-electron chi connectivity index (χ2n) is 8.16. The van der Waals surface area contributed by atoms with E-state index in [1.807, 2.05) is 30.3 Å². The molecule has 0 radical (unpaired) electrons. The standard InChI is InChI=1S/C25H28N4O4S/c1-33-24-12-11-22(34(26,31)32)17-23(24)25(30)27-20-7-9-21(10-8-20)29-15-13-28(14-16-29)18-19-5-3-2-4-6-19/h2-12,17H,13-16,18H2,1H3,(H,27,30)(H2,26,31,32). The largest absolute Gasteiger partial charge is 0.496 e. The van der Waals surface area contributed by atoms with Crippen LogP contribution in [-0.4, -0.2) is 52.5 Å². The lowest BCUT2D eigenvalue weighted by molar-refractivity contribution is 0.102. The van der Waals surface area contributed by atoms with E-state index in [9.17, 15) is 13.2 Å². The number of nitrogens with zero attached hydrogens (tertiary/aromatic N) is 2. The predicted octanol–water partition coefficient (Wildman–Crippen LogP) is 2.92. The number of hydrogen-bond donors (Lipinski definition) is 2. The summed E-state index contributed by atoms with van der Waals surface area (Å²) in [6.07, 6.45) is 0. The zero-order valence-corrected chi connectivity index (χ0v) is 19.8. The van der Waals surface area contributed by atoms with Crippen LogP contribution in [0.2, 0.25) is 0 Å². The molecule has 8 nitrogen and oxygen atoms in total. The number of carbonyl (C=O) groups is 1. The first-order chi connectivity index (χ1) is 16.3. The first-order valence-electron chi connectivity index (χ1n) is 11.0. The molecule has 0 unspecified atom stereocenters. The number of benzene rings is 3. The van der Waals surface area contributed by atoms with Crippen LogP contribution in [0.25, 0.3) is 0 Å². The van der Waals surface area contributed by atoms with E-state index in [4.69, 9.17) is 9.88 Å². The third-order valence-corrected chi connectivity index (χ3v) is 6.77. The highest BCUT2D eigenvalue weighted by molar-refractivity contribution is 7.89. The maximum absolute atomic E-state index is 12.8. The van der Waals surface area contributed by atoms with Gasteiger partial charge in [-0.25, -0.2) is 13.6 Å². The number of hydrogen-bond acceptors (Lipinski definition) is 6. The molecule has 0 aromatic heterocycles. The summed E-state index contributed by atoms with van der Waals surface area (Å²) in [6.45, 7) is 4.77. The van der Waals surface area contributed by atoms with E-state index in [1.165, 1.54) is 30.9 Å². The van der Waals surface area contributed by atoms with E-state index < -0.39 is 15.9 Å². The highest BCUT2D eigenvalue weighted by Gasteiger charge is 2.19. The Balaban J connectivity index is 1.38. The molecule has 34 heavy (non-hydrogen) atoms. The predicted molar refractivity (Wildman–Crippen MR) is 133 cm³/mol. The summed E-state index contributed by atoms with van der Waals surface area (Å²) in [4.78, 5) is 17.4. The Bertz CT molecular complexity index is 1240. The molecule has 0 bridgehead atoms. The maximum Gasteiger partial charge on any atom is 0.259 e. The number of carbonyl (C=O) groups excluding carboxylic acids is 1. The summed E-state index contributed by atoms with van der Waals surface area (Å²) in [5.41, 5.74) is 3.10. The smallest absolute Gasteiger partial charge is 0.259 e. The van der Waals surface area contributed by atoms with Gasteiger partial charge in [0.2, 0.25) is 10.0 Å². The average Bonchev–Trinajstić information content (AvgIpc) is 2.84. The molecule has 3 aromatic rings. The van der Waals surface area contributed by atoms with Gasteiger partial charge in [0.1, 0.15) is 5.75 Å². The topological polar surface area (TPSA) is 105 Å². The number of nitrogens with two attached hydrogens (primary N) is 1. The van der Waals surface area contributed by atoms with Gasteiger partial charge in [-0.05, 0) is 48.0 Å². The monoisotopic (exact) mass is 480 g/mol. The Hall–Kier alpha value is -3.40. The van der Waals surface area contributed by atoms with Crippen molar-refractivity contribution in [1.29, 1.82) is 0 Å². The molecule has 1 saturated heterocycles. The molecule has 1 aliphatic rings. The van der Waals surface area contributed by atoms with Gasteiger partial charge in [0.25, 0.3) is 5.91 Å². The Kier molecular flexibility index (Phi) is 7.16. The van der Waals surface area contributed by atoms with Crippen molar-refractivity contribution in [2.24, 2.45) is 5.14 Å². The second-order valence-corrected chi connectivity index (χ2v) is 9.72. The minimum absolute atomic E-state index is 0.0904. The summed E-state index contributed by atoms with van der Waals surface area (Å²) in [5, 5.41) is 7.99. The molecule has 1 amide bonds. The number of nitrogens with one attached hydrogen (secondary N) is 1. The molecule has 9 heteroatoms. The molecule has 0 aliphatic carbocycles. The van der Waals surface area contributed by atoms with Gasteiger partial charge in [-0.15, -0.1) is 0 Å². The first kappa shape index (κ1) is 23.7. The maximum atomic E-state index is 12.8. The van der Waals surface area contributed by atoms with Crippen molar-refractivity contribution in [1.82, 2.24) is 4.90 Å². The fourth-order valence-electron chi connectivity index (χ4n) is 4.00. The van der Waals surface area contributed by atoms with Crippen LogP contribution in [-0.2, 0) is 16.6 Å². The average molecular weight is 481 g/mol.